The van der Waals surface area contributed by atoms with E-state index in [2.05, 4.69) is 17.5 Å². The van der Waals surface area contributed by atoms with E-state index in [-0.39, 0.29) is 5.56 Å². The Morgan fingerprint density at radius 3 is 2.25 bits per heavy atom. The van der Waals surface area contributed by atoms with Crippen LogP contribution in [0.4, 0.5) is 4.39 Å². The summed E-state index contributed by atoms with van der Waals surface area (Å²) < 4.78 is 70.3. The summed E-state index contributed by atoms with van der Waals surface area (Å²) in [6.07, 6.45) is -6.40. The number of hydrogen-bond acceptors (Lipinski definition) is 11. The van der Waals surface area contributed by atoms with Crippen LogP contribution >= 0.6 is 23.5 Å². The van der Waals surface area contributed by atoms with E-state index in [4.69, 9.17) is 14.5 Å². The number of aromatic nitrogens is 1. The van der Waals surface area contributed by atoms with Crippen LogP contribution in [0.1, 0.15) is 11.7 Å². The molecule has 2 fully saturated rings. The van der Waals surface area contributed by atoms with Crippen LogP contribution in [-0.4, -0.2) is 49.9 Å². The minimum atomic E-state index is -5.25. The van der Waals surface area contributed by atoms with Crippen molar-refractivity contribution in [2.45, 2.75) is 24.4 Å². The molecule has 2 unspecified atom stereocenters. The number of ether oxygens (including phenoxy) is 1. The third kappa shape index (κ3) is 4.68. The molecule has 3 rings (SSSR count). The first-order valence-corrected chi connectivity index (χ1v) is 11.7. The van der Waals surface area contributed by atoms with Gasteiger partial charge < -0.3 is 24.7 Å². The number of aliphatic hydroxyl groups is 2. The van der Waals surface area contributed by atoms with E-state index in [9.17, 15) is 33.1 Å². The van der Waals surface area contributed by atoms with Gasteiger partial charge in [0.2, 0.25) is 5.56 Å². The lowest BCUT2D eigenvalue weighted by molar-refractivity contribution is -0.0241. The highest BCUT2D eigenvalue weighted by atomic mass is 31.3. The quantitative estimate of drug-likeness (QED) is 0.293. The van der Waals surface area contributed by atoms with Gasteiger partial charge in [-0.2, -0.15) is 17.3 Å². The average Bonchev–Trinajstić information content (AvgIpc) is 2.78. The number of aromatic amines is 1. The molecular weight excluding hydrogens is 454 g/mol. The van der Waals surface area contributed by atoms with E-state index in [1.54, 1.807) is 0 Å². The molecule has 2 saturated heterocycles. The number of hydrogen-bond donors (Lipinski definition) is 5. The topological polar surface area (TPSA) is 211 Å². The molecule has 0 radical (unpaired) electrons. The molecule has 0 spiro atoms. The van der Waals surface area contributed by atoms with E-state index in [1.165, 1.54) is 0 Å². The summed E-state index contributed by atoms with van der Waals surface area (Å²) in [7, 11) is -15.6. The molecule has 0 saturated carbocycles. The Labute approximate surface area is 154 Å². The SMILES string of the molecule is O=c1ccc([C@@H]2O[C@H](COP3(=O)OP(=O)(O)OP(=O)(O)O3)[C@H](O)[C@@H]2O)c(F)[nH]1. The lowest BCUT2D eigenvalue weighted by atomic mass is 10.0. The molecule has 0 amide bonds. The second-order valence-corrected chi connectivity index (χ2v) is 10.6. The van der Waals surface area contributed by atoms with Gasteiger partial charge in [0.25, 0.3) is 0 Å². The largest absolute Gasteiger partial charge is 0.492 e. The van der Waals surface area contributed by atoms with Crippen molar-refractivity contribution in [1.82, 2.24) is 4.98 Å². The number of nitrogens with one attached hydrogen (secondary N) is 1. The maximum Gasteiger partial charge on any atom is 0.492 e. The van der Waals surface area contributed by atoms with Crippen LogP contribution in [0.25, 0.3) is 0 Å². The van der Waals surface area contributed by atoms with E-state index in [1.807, 2.05) is 4.98 Å². The fraction of sp³-hybridized carbons (Fsp3) is 0.500. The van der Waals surface area contributed by atoms with Crippen molar-refractivity contribution < 1.29 is 60.3 Å². The Morgan fingerprint density at radius 2 is 1.68 bits per heavy atom. The summed E-state index contributed by atoms with van der Waals surface area (Å²) in [5.74, 6) is -1.13. The molecule has 6 atom stereocenters. The first kappa shape index (κ1) is 21.9. The fourth-order valence-electron chi connectivity index (χ4n) is 2.46. The van der Waals surface area contributed by atoms with Crippen molar-refractivity contribution in [2.24, 2.45) is 0 Å². The molecule has 0 bridgehead atoms. The molecule has 2 aliphatic rings. The van der Waals surface area contributed by atoms with Crippen LogP contribution < -0.4 is 5.56 Å². The standard InChI is InChI=1S/C10H13FNO13P3/c11-10-4(1-2-6(13)12-10)9-8(15)7(14)5(22-9)3-21-28(20)24-26(16,17)23-27(18,19)25-28/h1-2,5,7-9,14-15H,3H2,(H,12,13)(H,16,17)(H,18,19)/t5-,7+,8+,9+/m1/s1. The van der Waals surface area contributed by atoms with Gasteiger partial charge in [-0.25, -0.2) is 13.7 Å². The fourth-order valence-corrected chi connectivity index (χ4v) is 7.40. The maximum absolute atomic E-state index is 13.9. The van der Waals surface area contributed by atoms with E-state index in [0.29, 0.717) is 0 Å². The number of pyridine rings is 1. The monoisotopic (exact) mass is 467 g/mol. The molecule has 1 aromatic rings. The molecule has 14 nitrogen and oxygen atoms in total. The summed E-state index contributed by atoms with van der Waals surface area (Å²) >= 11 is 0. The van der Waals surface area contributed by atoms with Crippen molar-refractivity contribution in [1.29, 1.82) is 0 Å². The molecule has 3 heterocycles. The maximum atomic E-state index is 13.9. The molecule has 18 heteroatoms. The number of phosphoric acid groups is 3. The Kier molecular flexibility index (Phi) is 5.85. The molecule has 158 valence electrons. The third-order valence-electron chi connectivity index (χ3n) is 3.58. The van der Waals surface area contributed by atoms with Crippen LogP contribution in [-0.2, 0) is 35.9 Å². The van der Waals surface area contributed by atoms with Crippen LogP contribution in [0.5, 0.6) is 0 Å². The highest BCUT2D eigenvalue weighted by Crippen LogP contribution is 2.80. The van der Waals surface area contributed by atoms with Gasteiger partial charge in [-0.05, 0) is 6.07 Å². The summed E-state index contributed by atoms with van der Waals surface area (Å²) in [4.78, 5) is 31.2. The van der Waals surface area contributed by atoms with Crippen LogP contribution in [0, 0.1) is 5.95 Å². The summed E-state index contributed by atoms with van der Waals surface area (Å²) in [6.45, 7) is -0.934. The minimum absolute atomic E-state index is 0.307. The summed E-state index contributed by atoms with van der Waals surface area (Å²) in [6, 6.07) is 1.96. The molecule has 28 heavy (non-hydrogen) atoms. The Balaban J connectivity index is 1.73. The lowest BCUT2D eigenvalue weighted by Crippen LogP contribution is -2.33. The predicted octanol–water partition coefficient (Wildman–Crippen LogP) is 0.0646. The van der Waals surface area contributed by atoms with Crippen molar-refractivity contribution in [3.05, 3.63) is 34.0 Å². The van der Waals surface area contributed by atoms with Crippen LogP contribution in [0.15, 0.2) is 16.9 Å². The van der Waals surface area contributed by atoms with Gasteiger partial charge in [-0.15, -0.1) is 0 Å². The Bertz CT molecular complexity index is 938. The van der Waals surface area contributed by atoms with E-state index >= 15 is 0 Å². The Hall–Kier alpha value is -0.790. The predicted molar refractivity (Wildman–Crippen MR) is 83.1 cm³/mol. The number of H-pyrrole nitrogens is 1. The molecule has 2 aliphatic heterocycles. The summed E-state index contributed by atoms with van der Waals surface area (Å²) in [5, 5.41) is 20.0. The first-order chi connectivity index (χ1) is 12.8. The first-order valence-electron chi connectivity index (χ1n) is 7.25. The molecule has 0 aromatic carbocycles. The van der Waals surface area contributed by atoms with Gasteiger partial charge in [0.05, 0.1) is 6.61 Å². The van der Waals surface area contributed by atoms with Crippen LogP contribution in [0.2, 0.25) is 0 Å². The second-order valence-electron chi connectivity index (χ2n) is 5.59. The zero-order valence-electron chi connectivity index (χ0n) is 13.4. The average molecular weight is 467 g/mol. The zero-order valence-corrected chi connectivity index (χ0v) is 16.0. The molecule has 5 N–H and O–H groups in total. The van der Waals surface area contributed by atoms with Crippen molar-refractivity contribution in [3.8, 4) is 0 Å². The van der Waals surface area contributed by atoms with Gasteiger partial charge in [0.15, 0.2) is 5.95 Å². The van der Waals surface area contributed by atoms with Crippen LogP contribution in [0.3, 0.4) is 0 Å². The molecule has 1 aromatic heterocycles. The second kappa shape index (κ2) is 7.47. The molecular formula is C10H13FNO13P3. The zero-order chi connectivity index (χ0) is 20.9. The smallest absolute Gasteiger partial charge is 0.387 e. The van der Waals surface area contributed by atoms with E-state index < -0.39 is 66.0 Å². The third-order valence-corrected chi connectivity index (χ3v) is 8.95. The van der Waals surface area contributed by atoms with Gasteiger partial charge in [0.1, 0.15) is 24.4 Å². The summed E-state index contributed by atoms with van der Waals surface area (Å²) in [5.41, 5.74) is -1.07. The van der Waals surface area contributed by atoms with Gasteiger partial charge in [-0.1, -0.05) is 0 Å². The Morgan fingerprint density at radius 1 is 1.07 bits per heavy atom. The molecule has 0 aliphatic carbocycles. The van der Waals surface area contributed by atoms with Gasteiger partial charge in [0, 0.05) is 11.6 Å². The van der Waals surface area contributed by atoms with Crippen molar-refractivity contribution >= 4 is 23.5 Å². The highest BCUT2D eigenvalue weighted by molar-refractivity contribution is 7.74. The number of halogens is 1. The highest BCUT2D eigenvalue weighted by Gasteiger charge is 2.55. The van der Waals surface area contributed by atoms with Crippen molar-refractivity contribution in [2.75, 3.05) is 6.61 Å². The number of rotatable bonds is 4. The normalized spacial score (nSPS) is 43.9. The lowest BCUT2D eigenvalue weighted by Gasteiger charge is -2.27. The minimum Gasteiger partial charge on any atom is -0.387 e. The van der Waals surface area contributed by atoms with Gasteiger partial charge >= 0.3 is 23.5 Å². The number of aliphatic hydroxyl groups excluding tert-OH is 2. The van der Waals surface area contributed by atoms with Gasteiger partial charge in [-0.3, -0.25) is 14.3 Å². The van der Waals surface area contributed by atoms with Crippen molar-refractivity contribution in [3.63, 3.8) is 0 Å². The van der Waals surface area contributed by atoms with E-state index in [0.717, 1.165) is 12.1 Å².